The van der Waals surface area contributed by atoms with E-state index in [-0.39, 0.29) is 11.1 Å². The summed E-state index contributed by atoms with van der Waals surface area (Å²) in [5.41, 5.74) is 1.07. The van der Waals surface area contributed by atoms with Crippen LogP contribution in [0.15, 0.2) is 18.2 Å². The predicted octanol–water partition coefficient (Wildman–Crippen LogP) is 1.66. The van der Waals surface area contributed by atoms with Gasteiger partial charge < -0.3 is 9.84 Å². The number of ether oxygens (including phenoxy) is 1. The highest BCUT2D eigenvalue weighted by atomic mass is 16.5. The van der Waals surface area contributed by atoms with E-state index in [1.165, 1.54) is 0 Å². The standard InChI is InChI=1S/C13H15N3O3/c1-13(6-3-7-19-8-13)16-11-9(12(17)18)4-2-5-10(11)14-15-16/h2,4-5H,3,6-8H2,1H3,(H,17,18). The number of carboxylic acids is 1. The Morgan fingerprint density at radius 2 is 2.37 bits per heavy atom. The molecule has 1 unspecified atom stereocenters. The van der Waals surface area contributed by atoms with E-state index in [0.717, 1.165) is 19.4 Å². The fourth-order valence-corrected chi connectivity index (χ4v) is 2.61. The summed E-state index contributed by atoms with van der Waals surface area (Å²) < 4.78 is 7.24. The van der Waals surface area contributed by atoms with Gasteiger partial charge in [0.05, 0.1) is 17.7 Å². The van der Waals surface area contributed by atoms with Crippen LogP contribution >= 0.6 is 0 Å². The van der Waals surface area contributed by atoms with Crippen LogP contribution in [0, 0.1) is 0 Å². The number of carboxylic acid groups (broad SMARTS) is 1. The number of fused-ring (bicyclic) bond motifs is 1. The molecule has 100 valence electrons. The van der Waals surface area contributed by atoms with Gasteiger partial charge in [0.15, 0.2) is 0 Å². The Bertz CT molecular complexity index is 629. The smallest absolute Gasteiger partial charge is 0.337 e. The molecule has 19 heavy (non-hydrogen) atoms. The van der Waals surface area contributed by atoms with Gasteiger partial charge in [-0.1, -0.05) is 11.3 Å². The zero-order valence-electron chi connectivity index (χ0n) is 10.7. The lowest BCUT2D eigenvalue weighted by Gasteiger charge is -2.33. The van der Waals surface area contributed by atoms with E-state index in [9.17, 15) is 9.90 Å². The molecule has 2 aromatic rings. The molecule has 0 radical (unpaired) electrons. The van der Waals surface area contributed by atoms with Crippen LogP contribution in [0.5, 0.6) is 0 Å². The first-order valence-corrected chi connectivity index (χ1v) is 6.28. The average molecular weight is 261 g/mol. The van der Waals surface area contributed by atoms with Crippen LogP contribution in [0.3, 0.4) is 0 Å². The summed E-state index contributed by atoms with van der Waals surface area (Å²) in [5.74, 6) is -0.963. The second kappa shape index (κ2) is 4.31. The number of rotatable bonds is 2. The molecule has 0 amide bonds. The molecule has 6 heteroatoms. The second-order valence-electron chi connectivity index (χ2n) is 5.13. The molecule has 1 saturated heterocycles. The lowest BCUT2D eigenvalue weighted by Crippen LogP contribution is -2.40. The maximum Gasteiger partial charge on any atom is 0.337 e. The van der Waals surface area contributed by atoms with Crippen LogP contribution in [-0.4, -0.2) is 39.3 Å². The third kappa shape index (κ3) is 1.88. The Kier molecular flexibility index (Phi) is 2.74. The fourth-order valence-electron chi connectivity index (χ4n) is 2.61. The number of hydrogen-bond donors (Lipinski definition) is 1. The molecule has 1 aliphatic heterocycles. The van der Waals surface area contributed by atoms with Crippen molar-refractivity contribution < 1.29 is 14.6 Å². The number of aromatic carboxylic acids is 1. The van der Waals surface area contributed by atoms with Crippen molar-refractivity contribution in [2.75, 3.05) is 13.2 Å². The van der Waals surface area contributed by atoms with Gasteiger partial charge in [-0.05, 0) is 31.9 Å². The van der Waals surface area contributed by atoms with Crippen molar-refractivity contribution in [2.45, 2.75) is 25.3 Å². The topological polar surface area (TPSA) is 77.2 Å². The first kappa shape index (κ1) is 12.1. The molecule has 1 aliphatic rings. The normalized spacial score (nSPS) is 23.6. The van der Waals surface area contributed by atoms with E-state index in [2.05, 4.69) is 10.3 Å². The first-order valence-electron chi connectivity index (χ1n) is 6.28. The van der Waals surface area contributed by atoms with Gasteiger partial charge in [0.1, 0.15) is 11.0 Å². The van der Waals surface area contributed by atoms with Crippen molar-refractivity contribution in [1.82, 2.24) is 15.0 Å². The Morgan fingerprint density at radius 3 is 3.05 bits per heavy atom. The van der Waals surface area contributed by atoms with E-state index in [4.69, 9.17) is 4.74 Å². The molecule has 6 nitrogen and oxygen atoms in total. The largest absolute Gasteiger partial charge is 0.478 e. The molecule has 0 saturated carbocycles. The predicted molar refractivity (Wildman–Crippen MR) is 68.2 cm³/mol. The van der Waals surface area contributed by atoms with Crippen LogP contribution < -0.4 is 0 Å². The minimum Gasteiger partial charge on any atom is -0.478 e. The summed E-state index contributed by atoms with van der Waals surface area (Å²) in [7, 11) is 0. The number of para-hydroxylation sites is 1. The molecule has 3 rings (SSSR count). The molecule has 0 bridgehead atoms. The molecule has 0 aliphatic carbocycles. The van der Waals surface area contributed by atoms with Crippen molar-refractivity contribution in [1.29, 1.82) is 0 Å². The summed E-state index contributed by atoms with van der Waals surface area (Å²) in [6, 6.07) is 5.04. The summed E-state index contributed by atoms with van der Waals surface area (Å²) in [4.78, 5) is 11.4. The Labute approximate surface area is 110 Å². The lowest BCUT2D eigenvalue weighted by molar-refractivity contribution is 0.00475. The van der Waals surface area contributed by atoms with Gasteiger partial charge in [0, 0.05) is 6.61 Å². The second-order valence-corrected chi connectivity index (χ2v) is 5.13. The van der Waals surface area contributed by atoms with Gasteiger partial charge in [-0.3, -0.25) is 0 Å². The fraction of sp³-hybridized carbons (Fsp3) is 0.462. The number of aromatic nitrogens is 3. The van der Waals surface area contributed by atoms with Crippen LogP contribution in [-0.2, 0) is 10.3 Å². The summed E-state index contributed by atoms with van der Waals surface area (Å²) in [6.45, 7) is 3.30. The molecule has 1 aromatic carbocycles. The van der Waals surface area contributed by atoms with Gasteiger partial charge in [-0.15, -0.1) is 5.10 Å². The Morgan fingerprint density at radius 1 is 1.53 bits per heavy atom. The first-order chi connectivity index (χ1) is 9.12. The Balaban J connectivity index is 2.21. The lowest BCUT2D eigenvalue weighted by atomic mass is 9.94. The van der Waals surface area contributed by atoms with Gasteiger partial charge in [-0.25, -0.2) is 9.48 Å². The molecule has 1 N–H and O–H groups in total. The minimum absolute atomic E-state index is 0.231. The van der Waals surface area contributed by atoms with Crippen LogP contribution in [0.25, 0.3) is 11.0 Å². The van der Waals surface area contributed by atoms with Crippen LogP contribution in [0.2, 0.25) is 0 Å². The van der Waals surface area contributed by atoms with E-state index >= 15 is 0 Å². The number of hydrogen-bond acceptors (Lipinski definition) is 4. The van der Waals surface area contributed by atoms with Crippen LogP contribution in [0.1, 0.15) is 30.1 Å². The summed E-state index contributed by atoms with van der Waals surface area (Å²) >= 11 is 0. The average Bonchev–Trinajstić information content (AvgIpc) is 2.83. The molecule has 1 aromatic heterocycles. The SMILES string of the molecule is CC1(n2nnc3cccc(C(=O)O)c32)CCCOC1. The zero-order valence-corrected chi connectivity index (χ0v) is 10.7. The molecule has 1 atom stereocenters. The molecular formula is C13H15N3O3. The van der Waals surface area contributed by atoms with E-state index in [0.29, 0.717) is 17.6 Å². The summed E-state index contributed by atoms with van der Waals surface area (Å²) in [5, 5.41) is 17.5. The van der Waals surface area contributed by atoms with Crippen molar-refractivity contribution in [3.8, 4) is 0 Å². The van der Waals surface area contributed by atoms with Crippen molar-refractivity contribution in [3.63, 3.8) is 0 Å². The Hall–Kier alpha value is -1.95. The van der Waals surface area contributed by atoms with Gasteiger partial charge in [0.2, 0.25) is 0 Å². The minimum atomic E-state index is -0.963. The van der Waals surface area contributed by atoms with E-state index < -0.39 is 5.97 Å². The van der Waals surface area contributed by atoms with E-state index in [1.807, 2.05) is 6.92 Å². The number of benzene rings is 1. The maximum absolute atomic E-state index is 11.4. The highest BCUT2D eigenvalue weighted by molar-refractivity contribution is 6.00. The molecular weight excluding hydrogens is 246 g/mol. The monoisotopic (exact) mass is 261 g/mol. The number of carbonyl (C=O) groups is 1. The molecule has 1 fully saturated rings. The third-order valence-corrected chi connectivity index (χ3v) is 3.63. The zero-order chi connectivity index (χ0) is 13.5. The number of nitrogens with zero attached hydrogens (tertiary/aromatic N) is 3. The van der Waals surface area contributed by atoms with Crippen molar-refractivity contribution in [3.05, 3.63) is 23.8 Å². The van der Waals surface area contributed by atoms with Crippen molar-refractivity contribution in [2.24, 2.45) is 0 Å². The van der Waals surface area contributed by atoms with Crippen LogP contribution in [0.4, 0.5) is 0 Å². The molecule has 0 spiro atoms. The highest BCUT2D eigenvalue weighted by Gasteiger charge is 2.33. The molecule has 2 heterocycles. The maximum atomic E-state index is 11.4. The van der Waals surface area contributed by atoms with E-state index in [1.54, 1.807) is 22.9 Å². The van der Waals surface area contributed by atoms with Gasteiger partial charge in [-0.2, -0.15) is 0 Å². The third-order valence-electron chi connectivity index (χ3n) is 3.63. The van der Waals surface area contributed by atoms with Gasteiger partial charge >= 0.3 is 5.97 Å². The van der Waals surface area contributed by atoms with Gasteiger partial charge in [0.25, 0.3) is 0 Å². The summed E-state index contributed by atoms with van der Waals surface area (Å²) in [6.07, 6.45) is 1.84. The highest BCUT2D eigenvalue weighted by Crippen LogP contribution is 2.30. The van der Waals surface area contributed by atoms with Crippen molar-refractivity contribution >= 4 is 17.0 Å². The quantitative estimate of drug-likeness (QED) is 0.889.